The molecule has 2 heteroatoms. The van der Waals surface area contributed by atoms with Crippen molar-refractivity contribution in [3.05, 3.63) is 29.1 Å². The zero-order valence-electron chi connectivity index (χ0n) is 8.02. The summed E-state index contributed by atoms with van der Waals surface area (Å²) in [4.78, 5) is 0. The van der Waals surface area contributed by atoms with Crippen molar-refractivity contribution in [3.63, 3.8) is 0 Å². The number of benzene rings is 1. The van der Waals surface area contributed by atoms with Crippen molar-refractivity contribution in [1.29, 1.82) is 0 Å². The fourth-order valence-corrected chi connectivity index (χ4v) is 1.91. The number of fused-ring (bicyclic) bond motifs is 1. The van der Waals surface area contributed by atoms with E-state index >= 15 is 0 Å². The highest BCUT2D eigenvalue weighted by Crippen LogP contribution is 2.28. The molecule has 0 unspecified atom stereocenters. The Balaban J connectivity index is 2.47. The molecular formula is C11H14FN. The third kappa shape index (κ3) is 1.53. The van der Waals surface area contributed by atoms with Crippen molar-refractivity contribution in [2.75, 3.05) is 5.32 Å². The zero-order valence-corrected chi connectivity index (χ0v) is 8.02. The quantitative estimate of drug-likeness (QED) is 0.645. The Labute approximate surface area is 78.0 Å². The van der Waals surface area contributed by atoms with Crippen LogP contribution in [0.25, 0.3) is 0 Å². The van der Waals surface area contributed by atoms with Crippen LogP contribution in [-0.4, -0.2) is 6.04 Å². The van der Waals surface area contributed by atoms with Crippen LogP contribution >= 0.6 is 0 Å². The third-order valence-corrected chi connectivity index (χ3v) is 2.62. The minimum Gasteiger partial charge on any atom is -0.382 e. The minimum absolute atomic E-state index is 0.118. The van der Waals surface area contributed by atoms with E-state index in [1.54, 1.807) is 12.1 Å². The van der Waals surface area contributed by atoms with Gasteiger partial charge in [0.05, 0.1) is 0 Å². The molecule has 0 amide bonds. The lowest BCUT2D eigenvalue weighted by molar-refractivity contribution is 0.616. The van der Waals surface area contributed by atoms with Gasteiger partial charge < -0.3 is 5.32 Å². The van der Waals surface area contributed by atoms with Crippen LogP contribution in [0.3, 0.4) is 0 Å². The molecule has 0 radical (unpaired) electrons. The average molecular weight is 179 g/mol. The van der Waals surface area contributed by atoms with E-state index in [0.29, 0.717) is 6.04 Å². The van der Waals surface area contributed by atoms with Crippen LogP contribution in [0.4, 0.5) is 10.1 Å². The van der Waals surface area contributed by atoms with E-state index in [4.69, 9.17) is 0 Å². The molecule has 1 nitrogen and oxygen atoms in total. The second kappa shape index (κ2) is 3.02. The van der Waals surface area contributed by atoms with Crippen LogP contribution in [0.2, 0.25) is 0 Å². The number of hydrogen-bond acceptors (Lipinski definition) is 1. The number of halogens is 1. The molecule has 1 atom stereocenters. The molecule has 13 heavy (non-hydrogen) atoms. The summed E-state index contributed by atoms with van der Waals surface area (Å²) in [5, 5.41) is 3.39. The van der Waals surface area contributed by atoms with Gasteiger partial charge in [0.1, 0.15) is 5.82 Å². The summed E-state index contributed by atoms with van der Waals surface area (Å²) >= 11 is 0. The Hall–Kier alpha value is -1.05. The highest BCUT2D eigenvalue weighted by molar-refractivity contribution is 5.59. The van der Waals surface area contributed by atoms with Crippen LogP contribution in [0.15, 0.2) is 12.1 Å². The Bertz CT molecular complexity index is 333. The van der Waals surface area contributed by atoms with Crippen molar-refractivity contribution in [1.82, 2.24) is 0 Å². The van der Waals surface area contributed by atoms with Crippen LogP contribution < -0.4 is 5.32 Å². The first-order valence-electron chi connectivity index (χ1n) is 4.72. The van der Waals surface area contributed by atoms with Gasteiger partial charge in [-0.2, -0.15) is 0 Å². The number of anilines is 1. The molecule has 1 aliphatic rings. The maximum Gasteiger partial charge on any atom is 0.123 e. The smallest absolute Gasteiger partial charge is 0.123 e. The fraction of sp³-hybridized carbons (Fsp3) is 0.455. The lowest BCUT2D eigenvalue weighted by Crippen LogP contribution is -2.22. The number of aryl methyl sites for hydroxylation is 2. The van der Waals surface area contributed by atoms with E-state index in [-0.39, 0.29) is 5.82 Å². The normalized spacial score (nSPS) is 20.7. The first-order chi connectivity index (χ1) is 6.16. The molecule has 0 aliphatic carbocycles. The Morgan fingerprint density at radius 3 is 3.00 bits per heavy atom. The van der Waals surface area contributed by atoms with Crippen molar-refractivity contribution in [2.24, 2.45) is 0 Å². The number of hydrogen-bond donors (Lipinski definition) is 1. The van der Waals surface area contributed by atoms with Gasteiger partial charge in [-0.15, -0.1) is 0 Å². The molecule has 0 saturated heterocycles. The van der Waals surface area contributed by atoms with Gasteiger partial charge in [-0.1, -0.05) is 0 Å². The van der Waals surface area contributed by atoms with Crippen molar-refractivity contribution in [2.45, 2.75) is 32.7 Å². The molecule has 0 aromatic heterocycles. The van der Waals surface area contributed by atoms with E-state index < -0.39 is 0 Å². The number of nitrogens with one attached hydrogen (secondary N) is 1. The topological polar surface area (TPSA) is 12.0 Å². The predicted molar refractivity (Wildman–Crippen MR) is 52.5 cm³/mol. The van der Waals surface area contributed by atoms with E-state index in [0.717, 1.165) is 29.7 Å². The SMILES string of the molecule is Cc1cc(F)cc2c1N[C@H](C)CC2. The van der Waals surface area contributed by atoms with E-state index in [1.807, 2.05) is 6.92 Å². The zero-order chi connectivity index (χ0) is 9.42. The van der Waals surface area contributed by atoms with Gasteiger partial charge in [-0.3, -0.25) is 0 Å². The first-order valence-corrected chi connectivity index (χ1v) is 4.72. The summed E-state index contributed by atoms with van der Waals surface area (Å²) in [6.45, 7) is 4.11. The maximum absolute atomic E-state index is 13.0. The van der Waals surface area contributed by atoms with Gasteiger partial charge in [0.15, 0.2) is 0 Å². The minimum atomic E-state index is -0.118. The predicted octanol–water partition coefficient (Wildman–Crippen LogP) is 2.88. The molecule has 1 N–H and O–H groups in total. The Morgan fingerprint density at radius 2 is 2.23 bits per heavy atom. The van der Waals surface area contributed by atoms with Gasteiger partial charge in [-0.25, -0.2) is 4.39 Å². The number of rotatable bonds is 0. The Morgan fingerprint density at radius 1 is 1.46 bits per heavy atom. The average Bonchev–Trinajstić information content (AvgIpc) is 2.06. The van der Waals surface area contributed by atoms with Crippen molar-refractivity contribution in [3.8, 4) is 0 Å². The molecule has 1 aromatic carbocycles. The lowest BCUT2D eigenvalue weighted by Gasteiger charge is -2.25. The molecule has 0 fully saturated rings. The van der Waals surface area contributed by atoms with Crippen LogP contribution in [-0.2, 0) is 6.42 Å². The molecule has 2 rings (SSSR count). The third-order valence-electron chi connectivity index (χ3n) is 2.62. The van der Waals surface area contributed by atoms with E-state index in [1.165, 1.54) is 0 Å². The van der Waals surface area contributed by atoms with E-state index in [2.05, 4.69) is 12.2 Å². The highest BCUT2D eigenvalue weighted by atomic mass is 19.1. The second-order valence-corrected chi connectivity index (χ2v) is 3.84. The van der Waals surface area contributed by atoms with Crippen LogP contribution in [0.1, 0.15) is 24.5 Å². The maximum atomic E-state index is 13.0. The molecule has 0 bridgehead atoms. The summed E-state index contributed by atoms with van der Waals surface area (Å²) in [7, 11) is 0. The highest BCUT2D eigenvalue weighted by Gasteiger charge is 2.16. The largest absolute Gasteiger partial charge is 0.382 e. The van der Waals surface area contributed by atoms with Gasteiger partial charge >= 0.3 is 0 Å². The molecule has 1 heterocycles. The second-order valence-electron chi connectivity index (χ2n) is 3.84. The van der Waals surface area contributed by atoms with Crippen molar-refractivity contribution >= 4 is 5.69 Å². The molecule has 0 saturated carbocycles. The molecule has 1 aromatic rings. The van der Waals surface area contributed by atoms with Gasteiger partial charge in [0.2, 0.25) is 0 Å². The Kier molecular flexibility index (Phi) is 1.98. The van der Waals surface area contributed by atoms with Crippen LogP contribution in [0.5, 0.6) is 0 Å². The monoisotopic (exact) mass is 179 g/mol. The molecule has 0 spiro atoms. The summed E-state index contributed by atoms with van der Waals surface area (Å²) in [5.74, 6) is -0.118. The van der Waals surface area contributed by atoms with Gasteiger partial charge in [-0.05, 0) is 49.9 Å². The van der Waals surface area contributed by atoms with Gasteiger partial charge in [0.25, 0.3) is 0 Å². The van der Waals surface area contributed by atoms with Gasteiger partial charge in [0, 0.05) is 11.7 Å². The summed E-state index contributed by atoms with van der Waals surface area (Å²) < 4.78 is 13.0. The lowest BCUT2D eigenvalue weighted by atomic mass is 9.96. The van der Waals surface area contributed by atoms with E-state index in [9.17, 15) is 4.39 Å². The molecule has 70 valence electrons. The fourth-order valence-electron chi connectivity index (χ4n) is 1.91. The first kappa shape index (κ1) is 8.54. The van der Waals surface area contributed by atoms with Crippen LogP contribution in [0, 0.1) is 12.7 Å². The summed E-state index contributed by atoms with van der Waals surface area (Å²) in [6.07, 6.45) is 2.08. The molecule has 1 aliphatic heterocycles. The van der Waals surface area contributed by atoms with Crippen molar-refractivity contribution < 1.29 is 4.39 Å². The standard InChI is InChI=1S/C11H14FN/c1-7-5-10(12)6-9-4-3-8(2)13-11(7)9/h5-6,8,13H,3-4H2,1-2H3/t8-/m1/s1. The summed E-state index contributed by atoms with van der Waals surface area (Å²) in [6, 6.07) is 3.74. The molecular weight excluding hydrogens is 165 g/mol. The summed E-state index contributed by atoms with van der Waals surface area (Å²) in [5.41, 5.74) is 3.28.